The molecular weight excluding hydrogens is 546 g/mol. The second-order valence-electron chi connectivity index (χ2n) is 10.2. The molecule has 0 atom stereocenters. The minimum absolute atomic E-state index is 0.157. The third-order valence-electron chi connectivity index (χ3n) is 7.97. The van der Waals surface area contributed by atoms with Crippen LogP contribution in [-0.2, 0) is 5.41 Å². The van der Waals surface area contributed by atoms with E-state index in [1.165, 1.54) is 0 Å². The Kier molecular flexibility index (Phi) is 2.92. The molecule has 0 spiro atoms. The number of hydrogen-bond acceptors (Lipinski definition) is 1. The Hall–Kier alpha value is -5.86. The van der Waals surface area contributed by atoms with Crippen LogP contribution < -0.4 is 4.74 Å². The summed E-state index contributed by atoms with van der Waals surface area (Å²) >= 11 is 0. The van der Waals surface area contributed by atoms with Crippen molar-refractivity contribution in [3.8, 4) is 28.3 Å². The van der Waals surface area contributed by atoms with E-state index in [-0.39, 0.29) is 16.9 Å². The molecule has 2 heterocycles. The van der Waals surface area contributed by atoms with E-state index in [4.69, 9.17) is 22.6 Å². The Morgan fingerprint density at radius 2 is 1.18 bits per heavy atom. The van der Waals surface area contributed by atoms with Gasteiger partial charge in [0.1, 0.15) is 11.5 Å². The molecule has 0 unspecified atom stereocenters. The minimum Gasteiger partial charge on any atom is -0.457 e. The molecule has 8 aromatic rings. The maximum absolute atomic E-state index is 10.3. The molecule has 0 aliphatic carbocycles. The molecule has 0 saturated heterocycles. The maximum atomic E-state index is 10.3. The fraction of sp³-hybridized carbons (Fsp3) is 0.0233. The first-order chi connectivity index (χ1) is 30.2. The molecule has 9 rings (SSSR count). The number of aromatic nitrogens is 1. The van der Waals surface area contributed by atoms with Crippen molar-refractivity contribution in [3.05, 3.63) is 198 Å². The van der Waals surface area contributed by atoms with Gasteiger partial charge in [0.25, 0.3) is 0 Å². The second-order valence-corrected chi connectivity index (χ2v) is 10.2. The van der Waals surface area contributed by atoms with Crippen LogP contribution >= 0.6 is 0 Å². The highest BCUT2D eigenvalue weighted by Gasteiger charge is 2.45. The molecule has 0 saturated carbocycles. The predicted octanol–water partition coefficient (Wildman–Crippen LogP) is 10.9. The van der Waals surface area contributed by atoms with E-state index in [9.17, 15) is 8.22 Å². The molecule has 2 nitrogen and oxygen atoms in total. The van der Waals surface area contributed by atoms with Crippen molar-refractivity contribution < 1.29 is 30.8 Å². The number of rotatable bonds is 4. The smallest absolute Gasteiger partial charge is 0.132 e. The number of hydrogen-bond donors (Lipinski definition) is 0. The highest BCUT2D eigenvalue weighted by Crippen LogP contribution is 2.56. The van der Waals surface area contributed by atoms with Crippen molar-refractivity contribution in [1.29, 1.82) is 0 Å². The first-order valence-corrected chi connectivity index (χ1v) is 13.9. The summed E-state index contributed by atoms with van der Waals surface area (Å²) in [6.07, 6.45) is 0. The zero-order valence-corrected chi connectivity index (χ0v) is 23.1. The van der Waals surface area contributed by atoms with Gasteiger partial charge in [-0.15, -0.1) is 0 Å². The summed E-state index contributed by atoms with van der Waals surface area (Å²) in [5, 5.41) is -0.869. The van der Waals surface area contributed by atoms with Crippen molar-refractivity contribution in [2.24, 2.45) is 0 Å². The Labute approximate surface area is 289 Å². The average molecular weight is 595 g/mol. The maximum Gasteiger partial charge on any atom is 0.132 e. The minimum atomic E-state index is -1.96. The van der Waals surface area contributed by atoms with Gasteiger partial charge in [-0.1, -0.05) is 139 Å². The van der Waals surface area contributed by atoms with Crippen LogP contribution in [0.15, 0.2) is 175 Å². The van der Waals surface area contributed by atoms with Crippen LogP contribution in [0.2, 0.25) is 0 Å². The molecule has 0 fully saturated rings. The molecule has 0 bridgehead atoms. The fourth-order valence-electron chi connectivity index (χ4n) is 6.18. The van der Waals surface area contributed by atoms with Crippen LogP contribution in [-0.4, -0.2) is 4.57 Å². The Morgan fingerprint density at radius 1 is 0.533 bits per heavy atom. The SMILES string of the molecule is [2H]c1c([2H])c([2H])c(-n2c3c([2H])c([2H])c([2H])c([2H])c3c3c([2H])c([2H])c([2H])c(-c4c([2H])c([2H])c5c(c4[2H])C(c4ccccc4)(c4ccccc4)c4c([2H])c([2H])c([2H])c([2H])c4O5)c32)c([2H])c1[2H]. The number of para-hydroxylation sites is 4. The summed E-state index contributed by atoms with van der Waals surface area (Å²) in [5.74, 6) is -0.841. The molecule has 0 amide bonds. The van der Waals surface area contributed by atoms with E-state index in [1.54, 1.807) is 60.7 Å². The standard InChI is InChI=1S/C43H29NO/c1-4-15-31(16-5-1)43(32-17-6-2-7-18-32)37-24-11-13-26-40(37)45-41-28-27-30(29-38(41)43)34-22-14-23-36-35-21-10-12-25-39(35)44(42(34)36)33-19-8-3-9-20-33/h1-29H/i3D,8D,9D,10D,11D,12D,13D,14D,19D,20D,21D,22D,23D,24D,25D,26D,27D,28D,29D. The first-order valence-electron chi connectivity index (χ1n) is 23.4. The lowest BCUT2D eigenvalue weighted by atomic mass is 9.63. The van der Waals surface area contributed by atoms with Crippen LogP contribution in [0.4, 0.5) is 0 Å². The van der Waals surface area contributed by atoms with Gasteiger partial charge in [0.2, 0.25) is 0 Å². The largest absolute Gasteiger partial charge is 0.457 e. The molecular formula is C43H29NO. The van der Waals surface area contributed by atoms with E-state index in [1.807, 2.05) is 0 Å². The molecule has 0 N–H and O–H groups in total. The number of fused-ring (bicyclic) bond motifs is 5. The summed E-state index contributed by atoms with van der Waals surface area (Å²) in [5.41, 5.74) is -4.56. The van der Waals surface area contributed by atoms with Crippen molar-refractivity contribution in [2.75, 3.05) is 0 Å². The first kappa shape index (κ1) is 13.0. The lowest BCUT2D eigenvalue weighted by Gasteiger charge is -2.41. The van der Waals surface area contributed by atoms with Crippen LogP contribution in [0, 0.1) is 0 Å². The van der Waals surface area contributed by atoms with Gasteiger partial charge in [-0.3, -0.25) is 0 Å². The van der Waals surface area contributed by atoms with Crippen molar-refractivity contribution >= 4 is 21.8 Å². The number of benzene rings is 7. The van der Waals surface area contributed by atoms with Crippen molar-refractivity contribution in [2.45, 2.75) is 5.41 Å². The summed E-state index contributed by atoms with van der Waals surface area (Å²) in [7, 11) is 0. The zero-order chi connectivity index (χ0) is 46.3. The van der Waals surface area contributed by atoms with Gasteiger partial charge in [-0.2, -0.15) is 0 Å². The third kappa shape index (κ3) is 3.76. The van der Waals surface area contributed by atoms with Gasteiger partial charge >= 0.3 is 0 Å². The molecule has 1 aliphatic heterocycles. The predicted molar refractivity (Wildman–Crippen MR) is 185 cm³/mol. The monoisotopic (exact) mass is 594 g/mol. The Bertz CT molecular complexity index is 3340. The normalized spacial score (nSPS) is 19.2. The molecule has 1 aliphatic rings. The van der Waals surface area contributed by atoms with Gasteiger partial charge in [-0.05, 0) is 52.9 Å². The van der Waals surface area contributed by atoms with E-state index in [2.05, 4.69) is 0 Å². The summed E-state index contributed by atoms with van der Waals surface area (Å²) in [6.45, 7) is 0. The average Bonchev–Trinajstić information content (AvgIpc) is 3.64. The number of nitrogens with zero attached hydrogens (tertiary/aromatic N) is 1. The van der Waals surface area contributed by atoms with Crippen molar-refractivity contribution in [1.82, 2.24) is 4.57 Å². The van der Waals surface area contributed by atoms with Gasteiger partial charge in [-0.25, -0.2) is 0 Å². The highest BCUT2D eigenvalue weighted by molar-refractivity contribution is 6.13. The quantitative estimate of drug-likeness (QED) is 0.198. The van der Waals surface area contributed by atoms with Crippen LogP contribution in [0.3, 0.4) is 0 Å². The van der Waals surface area contributed by atoms with E-state index < -0.39 is 165 Å². The van der Waals surface area contributed by atoms with Crippen LogP contribution in [0.5, 0.6) is 11.5 Å². The zero-order valence-electron chi connectivity index (χ0n) is 42.1. The van der Waals surface area contributed by atoms with Crippen molar-refractivity contribution in [3.63, 3.8) is 0 Å². The van der Waals surface area contributed by atoms with E-state index in [0.29, 0.717) is 11.1 Å². The van der Waals surface area contributed by atoms with Gasteiger partial charge in [0, 0.05) is 33.2 Å². The van der Waals surface area contributed by atoms with Gasteiger partial charge in [0.15, 0.2) is 0 Å². The molecule has 212 valence electrons. The summed E-state index contributed by atoms with van der Waals surface area (Å²) in [6, 6.07) is 2.14. The van der Waals surface area contributed by atoms with E-state index >= 15 is 0 Å². The third-order valence-corrected chi connectivity index (χ3v) is 7.97. The molecule has 45 heavy (non-hydrogen) atoms. The molecule has 2 heteroatoms. The fourth-order valence-corrected chi connectivity index (χ4v) is 6.18. The Balaban J connectivity index is 1.60. The lowest BCUT2D eigenvalue weighted by molar-refractivity contribution is 0.434. The summed E-state index contributed by atoms with van der Waals surface area (Å²) in [4.78, 5) is 0. The molecule has 0 radical (unpaired) electrons. The molecule has 1 aromatic heterocycles. The Morgan fingerprint density at radius 3 is 1.96 bits per heavy atom. The summed E-state index contributed by atoms with van der Waals surface area (Å²) < 4.78 is 179. The van der Waals surface area contributed by atoms with E-state index in [0.717, 1.165) is 4.57 Å². The lowest BCUT2D eigenvalue weighted by Crippen LogP contribution is -2.34. The van der Waals surface area contributed by atoms with Gasteiger partial charge in [0.05, 0.1) is 42.5 Å². The van der Waals surface area contributed by atoms with Crippen LogP contribution in [0.1, 0.15) is 48.3 Å². The molecule has 7 aromatic carbocycles. The second kappa shape index (κ2) is 10.1. The highest BCUT2D eigenvalue weighted by atomic mass is 16.5. The number of ether oxygens (including phenoxy) is 1. The topological polar surface area (TPSA) is 14.2 Å². The van der Waals surface area contributed by atoms with Gasteiger partial charge < -0.3 is 9.30 Å². The van der Waals surface area contributed by atoms with Crippen LogP contribution in [0.25, 0.3) is 38.6 Å².